The molecule has 1 heterocycles. The third-order valence-electron chi connectivity index (χ3n) is 8.46. The van der Waals surface area contributed by atoms with Crippen LogP contribution in [0.25, 0.3) is 0 Å². The van der Waals surface area contributed by atoms with Gasteiger partial charge >= 0.3 is 0 Å². The zero-order chi connectivity index (χ0) is 29.5. The molecule has 220 valence electrons. The highest BCUT2D eigenvalue weighted by Gasteiger charge is 2.45. The monoisotopic (exact) mass is 598 g/mol. The summed E-state index contributed by atoms with van der Waals surface area (Å²) in [5.41, 5.74) is 7.41. The molecule has 42 heavy (non-hydrogen) atoms. The Morgan fingerprint density at radius 3 is 1.90 bits per heavy atom. The topological polar surface area (TPSA) is 18.5 Å². The van der Waals surface area contributed by atoms with E-state index in [-0.39, 0.29) is 17.5 Å². The summed E-state index contributed by atoms with van der Waals surface area (Å²) in [7, 11) is 0. The lowest BCUT2D eigenvalue weighted by Gasteiger charge is -2.45. The number of thioether (sulfide) groups is 1. The van der Waals surface area contributed by atoms with Crippen LogP contribution in [-0.4, -0.2) is 17.5 Å². The van der Waals surface area contributed by atoms with Crippen molar-refractivity contribution in [3.63, 3.8) is 0 Å². The third-order valence-corrected chi connectivity index (χ3v) is 10.8. The van der Waals surface area contributed by atoms with E-state index < -0.39 is 0 Å². The van der Waals surface area contributed by atoms with Crippen molar-refractivity contribution in [3.8, 4) is 0 Å². The van der Waals surface area contributed by atoms with Crippen molar-refractivity contribution < 1.29 is 9.47 Å². The third kappa shape index (κ3) is 7.68. The van der Waals surface area contributed by atoms with E-state index >= 15 is 0 Å². The summed E-state index contributed by atoms with van der Waals surface area (Å²) < 4.78 is 13.6. The molecule has 0 bridgehead atoms. The van der Waals surface area contributed by atoms with Crippen LogP contribution in [-0.2, 0) is 29.1 Å². The lowest BCUT2D eigenvalue weighted by molar-refractivity contribution is -0.112. The molecule has 4 aromatic carbocycles. The van der Waals surface area contributed by atoms with Gasteiger partial charge in [0.15, 0.2) is 0 Å². The number of hydrogen-bond acceptors (Lipinski definition) is 3. The second-order valence-corrected chi connectivity index (χ2v) is 13.6. The fourth-order valence-corrected chi connectivity index (χ4v) is 7.77. The van der Waals surface area contributed by atoms with E-state index in [1.807, 2.05) is 17.8 Å². The molecule has 0 amide bonds. The predicted molar refractivity (Wildman–Crippen MR) is 178 cm³/mol. The second-order valence-electron chi connectivity index (χ2n) is 11.8. The molecular formula is C38H43ClO2S. The summed E-state index contributed by atoms with van der Waals surface area (Å²) >= 11 is 8.85. The van der Waals surface area contributed by atoms with Crippen LogP contribution in [0, 0.1) is 5.92 Å². The molecule has 1 aliphatic rings. The van der Waals surface area contributed by atoms with Gasteiger partial charge in [0.25, 0.3) is 0 Å². The van der Waals surface area contributed by atoms with Crippen molar-refractivity contribution in [2.24, 2.45) is 5.92 Å². The fraction of sp³-hybridized carbons (Fsp3) is 0.368. The first kappa shape index (κ1) is 30.9. The quantitative estimate of drug-likeness (QED) is 0.171. The van der Waals surface area contributed by atoms with Crippen LogP contribution in [0.4, 0.5) is 0 Å². The Morgan fingerprint density at radius 2 is 1.33 bits per heavy atom. The maximum absolute atomic E-state index is 6.85. The van der Waals surface area contributed by atoms with E-state index in [9.17, 15) is 0 Å². The van der Waals surface area contributed by atoms with Gasteiger partial charge in [0, 0.05) is 10.3 Å². The molecule has 4 heteroatoms. The van der Waals surface area contributed by atoms with Crippen molar-refractivity contribution >= 4 is 23.4 Å². The number of rotatable bonds is 11. The van der Waals surface area contributed by atoms with Crippen LogP contribution in [0.2, 0.25) is 5.02 Å². The Morgan fingerprint density at radius 1 is 0.738 bits per heavy atom. The molecule has 0 N–H and O–H groups in total. The normalized spacial score (nSPS) is 22.4. The molecule has 0 spiro atoms. The first-order valence-electron chi connectivity index (χ1n) is 15.3. The van der Waals surface area contributed by atoms with Crippen molar-refractivity contribution in [2.45, 2.75) is 82.4 Å². The Kier molecular flexibility index (Phi) is 10.8. The minimum atomic E-state index is -0.101. The van der Waals surface area contributed by atoms with Crippen molar-refractivity contribution in [1.82, 2.24) is 0 Å². The van der Waals surface area contributed by atoms with E-state index in [1.54, 1.807) is 0 Å². The SMILES string of the molecule is CC[C@H]1S[C@@H](c2ccc(Cl)c(Cc3ccc(C(C)C)cc3)c2)[C@H](OCc2ccccc2)[C@@H](OCc2ccccc2)[C@@H]1C. The number of hydrogen-bond donors (Lipinski definition) is 0. The first-order valence-corrected chi connectivity index (χ1v) is 16.6. The molecule has 5 atom stereocenters. The minimum Gasteiger partial charge on any atom is -0.370 e. The summed E-state index contributed by atoms with van der Waals surface area (Å²) in [6.45, 7) is 10.2. The van der Waals surface area contributed by atoms with Gasteiger partial charge in [0.05, 0.1) is 24.6 Å². The van der Waals surface area contributed by atoms with Crippen LogP contribution >= 0.6 is 23.4 Å². The average molecular weight is 599 g/mol. The number of halogens is 1. The predicted octanol–water partition coefficient (Wildman–Crippen LogP) is 10.4. The second kappa shape index (κ2) is 14.8. The van der Waals surface area contributed by atoms with Gasteiger partial charge in [-0.3, -0.25) is 0 Å². The van der Waals surface area contributed by atoms with Crippen molar-refractivity contribution in [1.29, 1.82) is 0 Å². The zero-order valence-electron chi connectivity index (χ0n) is 25.2. The Bertz CT molecular complexity index is 1390. The Labute approximate surface area is 261 Å². The standard InChI is InChI=1S/C38H43ClO2S/c1-5-35-27(4)36(40-24-29-12-8-6-9-13-29)37(41-25-30-14-10-7-11-15-30)38(42-35)32-20-21-34(39)33(23-32)22-28-16-18-31(19-17-28)26(2)3/h6-21,23,26-27,35-38H,5,22,24-25H2,1-4H3/t27-,35-,36+,37-,38+/m1/s1. The molecule has 1 saturated heterocycles. The van der Waals surface area contributed by atoms with E-state index in [1.165, 1.54) is 27.8 Å². The largest absolute Gasteiger partial charge is 0.370 e. The fourth-order valence-electron chi connectivity index (χ4n) is 5.92. The Hall–Kier alpha value is -2.56. The molecule has 2 nitrogen and oxygen atoms in total. The number of ether oxygens (including phenoxy) is 2. The highest BCUT2D eigenvalue weighted by Crippen LogP contribution is 2.49. The van der Waals surface area contributed by atoms with E-state index in [2.05, 4.69) is 125 Å². The smallest absolute Gasteiger partial charge is 0.100 e. The summed E-state index contributed by atoms with van der Waals surface area (Å²) in [6.07, 6.45) is 1.75. The van der Waals surface area contributed by atoms with Gasteiger partial charge in [0.2, 0.25) is 0 Å². The van der Waals surface area contributed by atoms with Crippen molar-refractivity contribution in [3.05, 3.63) is 142 Å². The molecule has 1 aliphatic heterocycles. The highest BCUT2D eigenvalue weighted by molar-refractivity contribution is 8.00. The van der Waals surface area contributed by atoms with Crippen LogP contribution in [0.5, 0.6) is 0 Å². The van der Waals surface area contributed by atoms with Crippen molar-refractivity contribution in [2.75, 3.05) is 0 Å². The van der Waals surface area contributed by atoms with E-state index in [4.69, 9.17) is 21.1 Å². The minimum absolute atomic E-state index is 0.0344. The molecule has 4 aromatic rings. The molecule has 0 saturated carbocycles. The van der Waals surface area contributed by atoms with Gasteiger partial charge in [-0.25, -0.2) is 0 Å². The van der Waals surface area contributed by atoms with Gasteiger partial charge in [-0.15, -0.1) is 11.8 Å². The van der Waals surface area contributed by atoms with Gasteiger partial charge < -0.3 is 9.47 Å². The average Bonchev–Trinajstić information content (AvgIpc) is 3.02. The molecule has 1 fully saturated rings. The maximum Gasteiger partial charge on any atom is 0.100 e. The van der Waals surface area contributed by atoms with Crippen LogP contribution in [0.15, 0.2) is 103 Å². The van der Waals surface area contributed by atoms with Crippen LogP contribution in [0.1, 0.15) is 78.7 Å². The Balaban J connectivity index is 1.45. The lowest BCUT2D eigenvalue weighted by atomic mass is 9.89. The van der Waals surface area contributed by atoms with Gasteiger partial charge in [0.1, 0.15) is 6.10 Å². The van der Waals surface area contributed by atoms with Crippen LogP contribution in [0.3, 0.4) is 0 Å². The summed E-state index contributed by atoms with van der Waals surface area (Å²) in [5, 5.41) is 1.41. The summed E-state index contributed by atoms with van der Waals surface area (Å²) in [6, 6.07) is 36.5. The maximum atomic E-state index is 6.85. The summed E-state index contributed by atoms with van der Waals surface area (Å²) in [4.78, 5) is 0. The zero-order valence-corrected chi connectivity index (χ0v) is 26.8. The van der Waals surface area contributed by atoms with Gasteiger partial charge in [-0.2, -0.15) is 0 Å². The van der Waals surface area contributed by atoms with Crippen LogP contribution < -0.4 is 0 Å². The summed E-state index contributed by atoms with van der Waals surface area (Å²) in [5.74, 6) is 0.875. The molecule has 0 aromatic heterocycles. The van der Waals surface area contributed by atoms with Gasteiger partial charge in [-0.05, 0) is 64.1 Å². The van der Waals surface area contributed by atoms with Gasteiger partial charge in [-0.1, -0.05) is 136 Å². The van der Waals surface area contributed by atoms with E-state index in [0.717, 1.165) is 23.4 Å². The molecule has 0 unspecified atom stereocenters. The highest BCUT2D eigenvalue weighted by atomic mass is 35.5. The molecule has 0 aliphatic carbocycles. The molecular weight excluding hydrogens is 556 g/mol. The molecule has 0 radical (unpaired) electrons. The first-order chi connectivity index (χ1) is 20.4. The number of benzene rings is 4. The van der Waals surface area contributed by atoms with E-state index in [0.29, 0.717) is 30.3 Å². The lowest BCUT2D eigenvalue weighted by Crippen LogP contribution is -2.48. The molecule has 5 rings (SSSR count).